The van der Waals surface area contributed by atoms with E-state index >= 15 is 0 Å². The van der Waals surface area contributed by atoms with E-state index in [1.807, 2.05) is 6.92 Å². The molecule has 12 heteroatoms. The molecule has 2 amide bonds. The van der Waals surface area contributed by atoms with Gasteiger partial charge in [0.15, 0.2) is 4.96 Å². The lowest BCUT2D eigenvalue weighted by Crippen LogP contribution is -2.26. The number of hydrogen-bond acceptors (Lipinski definition) is 8. The van der Waals surface area contributed by atoms with Crippen LogP contribution in [0.1, 0.15) is 49.6 Å². The molecule has 2 N–H and O–H groups in total. The number of carboxylic acids is 1. The normalized spacial score (nSPS) is 10.8. The van der Waals surface area contributed by atoms with Crippen LogP contribution in [0.25, 0.3) is 4.96 Å². The summed E-state index contributed by atoms with van der Waals surface area (Å²) in [5.74, 6) is -2.58. The zero-order valence-corrected chi connectivity index (χ0v) is 21.2. The topological polar surface area (TPSA) is 142 Å². The molecule has 0 spiro atoms. The molecule has 0 radical (unpaired) electrons. The number of benzene rings is 2. The van der Waals surface area contributed by atoms with Crippen LogP contribution in [-0.2, 0) is 6.42 Å². The fraction of sp³-hybridized carbons (Fsp3) is 0.160. The fourth-order valence-corrected chi connectivity index (χ4v) is 4.85. The number of methoxy groups -OCH3 is 1. The van der Waals surface area contributed by atoms with Gasteiger partial charge in [0.2, 0.25) is 0 Å². The molecule has 37 heavy (non-hydrogen) atoms. The molecule has 2 aromatic carbocycles. The maximum Gasteiger partial charge on any atom is 0.274 e. The van der Waals surface area contributed by atoms with Crippen LogP contribution in [0.4, 0.5) is 11.4 Å². The number of anilines is 2. The Morgan fingerprint density at radius 1 is 1.11 bits per heavy atom. The predicted octanol–water partition coefficient (Wildman–Crippen LogP) is 3.24. The highest BCUT2D eigenvalue weighted by molar-refractivity contribution is 7.19. The highest BCUT2D eigenvalue weighted by Crippen LogP contribution is 2.30. The SMILES string of the molecule is CCCc1cc(=O)n2c(C(=O)Nc3cccc(C(=O)[O-])c3)c(C(=O)Nc3cc(Cl)ccc3OC)sc2n1. The molecule has 0 aliphatic carbocycles. The zero-order chi connectivity index (χ0) is 26.7. The molecule has 2 aromatic heterocycles. The summed E-state index contributed by atoms with van der Waals surface area (Å²) in [5, 5.41) is 16.8. The van der Waals surface area contributed by atoms with Crippen molar-refractivity contribution in [3.05, 3.63) is 85.7 Å². The molecule has 0 fully saturated rings. The predicted molar refractivity (Wildman–Crippen MR) is 138 cm³/mol. The summed E-state index contributed by atoms with van der Waals surface area (Å²) < 4.78 is 6.34. The minimum absolute atomic E-state index is 0.0890. The molecule has 2 heterocycles. The van der Waals surface area contributed by atoms with Gasteiger partial charge in [-0.1, -0.05) is 48.4 Å². The first-order valence-electron chi connectivity index (χ1n) is 11.0. The number of carbonyl (C=O) groups is 3. The van der Waals surface area contributed by atoms with Crippen LogP contribution in [-0.4, -0.2) is 34.3 Å². The number of rotatable bonds is 8. The van der Waals surface area contributed by atoms with Gasteiger partial charge >= 0.3 is 0 Å². The average Bonchev–Trinajstić information content (AvgIpc) is 3.25. The summed E-state index contributed by atoms with van der Waals surface area (Å²) in [6, 6.07) is 11.4. The number of carboxylic acid groups (broad SMARTS) is 1. The minimum atomic E-state index is -1.42. The molecule has 0 aliphatic heterocycles. The van der Waals surface area contributed by atoms with E-state index in [4.69, 9.17) is 16.3 Å². The molecule has 190 valence electrons. The van der Waals surface area contributed by atoms with Crippen molar-refractivity contribution in [2.45, 2.75) is 19.8 Å². The Morgan fingerprint density at radius 2 is 1.89 bits per heavy atom. The Hall–Kier alpha value is -4.22. The van der Waals surface area contributed by atoms with E-state index in [2.05, 4.69) is 15.6 Å². The molecule has 0 saturated heterocycles. The average molecular weight is 540 g/mol. The van der Waals surface area contributed by atoms with E-state index in [0.717, 1.165) is 22.2 Å². The molecular formula is C25H20ClN4O6S-. The first-order chi connectivity index (χ1) is 17.7. The van der Waals surface area contributed by atoms with Crippen molar-refractivity contribution in [1.82, 2.24) is 9.38 Å². The van der Waals surface area contributed by atoms with Crippen LogP contribution in [0.5, 0.6) is 5.75 Å². The molecule has 0 atom stereocenters. The van der Waals surface area contributed by atoms with Gasteiger partial charge in [-0.05, 0) is 42.3 Å². The third kappa shape index (κ3) is 5.47. The molecule has 0 saturated carbocycles. The first-order valence-corrected chi connectivity index (χ1v) is 12.2. The number of nitrogens with zero attached hydrogens (tertiary/aromatic N) is 2. The number of carbonyl (C=O) groups excluding carboxylic acids is 3. The highest BCUT2D eigenvalue weighted by atomic mass is 35.5. The fourth-order valence-electron chi connectivity index (χ4n) is 3.64. The Balaban J connectivity index is 1.82. The molecule has 4 aromatic rings. The van der Waals surface area contributed by atoms with Crippen molar-refractivity contribution in [2.24, 2.45) is 0 Å². The first kappa shape index (κ1) is 25.9. The Morgan fingerprint density at radius 3 is 2.59 bits per heavy atom. The van der Waals surface area contributed by atoms with Crippen molar-refractivity contribution < 1.29 is 24.2 Å². The van der Waals surface area contributed by atoms with Gasteiger partial charge in [0.25, 0.3) is 17.4 Å². The van der Waals surface area contributed by atoms with Crippen LogP contribution in [0.2, 0.25) is 5.02 Å². The van der Waals surface area contributed by atoms with Gasteiger partial charge in [-0.15, -0.1) is 0 Å². The monoisotopic (exact) mass is 539 g/mol. The second-order valence-corrected chi connectivity index (χ2v) is 9.27. The Kier molecular flexibility index (Phi) is 7.55. The van der Waals surface area contributed by atoms with Crippen molar-refractivity contribution in [3.63, 3.8) is 0 Å². The third-order valence-corrected chi connectivity index (χ3v) is 6.54. The van der Waals surface area contributed by atoms with E-state index in [-0.39, 0.29) is 32.5 Å². The smallest absolute Gasteiger partial charge is 0.274 e. The van der Waals surface area contributed by atoms with Crippen LogP contribution in [0, 0.1) is 0 Å². The van der Waals surface area contributed by atoms with E-state index in [9.17, 15) is 24.3 Å². The summed E-state index contributed by atoms with van der Waals surface area (Å²) in [7, 11) is 1.43. The van der Waals surface area contributed by atoms with Gasteiger partial charge < -0.3 is 25.3 Å². The van der Waals surface area contributed by atoms with Crippen molar-refractivity contribution in [3.8, 4) is 5.75 Å². The van der Waals surface area contributed by atoms with Gasteiger partial charge in [0.05, 0.1) is 18.8 Å². The summed E-state index contributed by atoms with van der Waals surface area (Å²) >= 11 is 6.94. The number of halogens is 1. The van der Waals surface area contributed by atoms with E-state index < -0.39 is 23.3 Å². The minimum Gasteiger partial charge on any atom is -0.545 e. The van der Waals surface area contributed by atoms with Gasteiger partial charge in [-0.25, -0.2) is 9.38 Å². The van der Waals surface area contributed by atoms with Crippen molar-refractivity contribution >= 4 is 57.1 Å². The lowest BCUT2D eigenvalue weighted by molar-refractivity contribution is -0.255. The number of amides is 2. The van der Waals surface area contributed by atoms with E-state index in [1.165, 1.54) is 43.5 Å². The lowest BCUT2D eigenvalue weighted by atomic mass is 10.2. The Labute approximate surface area is 219 Å². The maximum absolute atomic E-state index is 13.4. The highest BCUT2D eigenvalue weighted by Gasteiger charge is 2.27. The van der Waals surface area contributed by atoms with Crippen LogP contribution in [0.15, 0.2) is 53.3 Å². The molecule has 0 unspecified atom stereocenters. The van der Waals surface area contributed by atoms with Crippen LogP contribution >= 0.6 is 22.9 Å². The quantitative estimate of drug-likeness (QED) is 0.350. The molecule has 0 bridgehead atoms. The van der Waals surface area contributed by atoms with Crippen molar-refractivity contribution in [2.75, 3.05) is 17.7 Å². The van der Waals surface area contributed by atoms with Crippen LogP contribution < -0.4 is 26.0 Å². The lowest BCUT2D eigenvalue weighted by Gasteiger charge is -2.11. The molecule has 10 nitrogen and oxygen atoms in total. The van der Waals surface area contributed by atoms with Gasteiger partial charge in [0, 0.05) is 22.5 Å². The summed E-state index contributed by atoms with van der Waals surface area (Å²) in [6.07, 6.45) is 1.29. The summed E-state index contributed by atoms with van der Waals surface area (Å²) in [4.78, 5) is 55.6. The zero-order valence-electron chi connectivity index (χ0n) is 19.7. The number of aromatic carboxylic acids is 1. The second-order valence-electron chi connectivity index (χ2n) is 7.85. The standard InChI is InChI=1S/C25H21ClN4O6S/c1-3-5-15-12-19(31)30-20(22(32)27-16-7-4-6-13(10-16)24(34)35)21(37-25(30)28-15)23(33)29-17-11-14(26)8-9-18(17)36-2/h4,6-12H,3,5H2,1-2H3,(H,27,32)(H,29,33)(H,34,35)/p-1. The third-order valence-electron chi connectivity index (χ3n) is 5.27. The second kappa shape index (κ2) is 10.8. The number of hydrogen-bond donors (Lipinski definition) is 2. The summed E-state index contributed by atoms with van der Waals surface area (Å²) in [5.41, 5.74) is -0.00141. The van der Waals surface area contributed by atoms with Gasteiger partial charge in [0.1, 0.15) is 16.3 Å². The van der Waals surface area contributed by atoms with E-state index in [0.29, 0.717) is 22.9 Å². The molecular weight excluding hydrogens is 520 g/mol. The molecule has 4 rings (SSSR count). The number of aromatic nitrogens is 2. The number of aryl methyl sites for hydroxylation is 1. The molecule has 0 aliphatic rings. The number of thiazole rings is 1. The largest absolute Gasteiger partial charge is 0.545 e. The van der Waals surface area contributed by atoms with Crippen molar-refractivity contribution in [1.29, 1.82) is 0 Å². The maximum atomic E-state index is 13.4. The van der Waals surface area contributed by atoms with E-state index in [1.54, 1.807) is 12.1 Å². The number of nitrogens with one attached hydrogen (secondary N) is 2. The number of ether oxygens (including phenoxy) is 1. The van der Waals surface area contributed by atoms with Gasteiger partial charge in [-0.3, -0.25) is 14.4 Å². The summed E-state index contributed by atoms with van der Waals surface area (Å²) in [6.45, 7) is 1.94. The number of fused-ring (bicyclic) bond motifs is 1. The van der Waals surface area contributed by atoms with Crippen LogP contribution in [0.3, 0.4) is 0 Å². The Bertz CT molecular complexity index is 1600. The van der Waals surface area contributed by atoms with Gasteiger partial charge in [-0.2, -0.15) is 0 Å².